The molecule has 0 unspecified atom stereocenters. The SMILES string of the molecule is NC1(CC(=O)O)CC(OCc2ccccc2)C1. The van der Waals surface area contributed by atoms with Crippen molar-refractivity contribution < 1.29 is 14.6 Å². The lowest BCUT2D eigenvalue weighted by atomic mass is 9.73. The third-order valence-electron chi connectivity index (χ3n) is 3.10. The third-order valence-corrected chi connectivity index (χ3v) is 3.10. The molecule has 3 N–H and O–H groups in total. The van der Waals surface area contributed by atoms with E-state index in [1.165, 1.54) is 0 Å². The molecule has 17 heavy (non-hydrogen) atoms. The Labute approximate surface area is 100 Å². The second-order valence-electron chi connectivity index (χ2n) is 4.76. The quantitative estimate of drug-likeness (QED) is 0.812. The van der Waals surface area contributed by atoms with Crippen molar-refractivity contribution >= 4 is 5.97 Å². The number of carbonyl (C=O) groups is 1. The van der Waals surface area contributed by atoms with Crippen LogP contribution in [-0.4, -0.2) is 22.7 Å². The molecule has 0 aromatic heterocycles. The van der Waals surface area contributed by atoms with Crippen LogP contribution in [0.4, 0.5) is 0 Å². The number of benzene rings is 1. The first-order valence-electron chi connectivity index (χ1n) is 5.74. The Kier molecular flexibility index (Phi) is 3.45. The second kappa shape index (κ2) is 4.85. The van der Waals surface area contributed by atoms with Crippen LogP contribution in [0.1, 0.15) is 24.8 Å². The van der Waals surface area contributed by atoms with Crippen molar-refractivity contribution in [3.8, 4) is 0 Å². The van der Waals surface area contributed by atoms with Gasteiger partial charge in [-0.2, -0.15) is 0 Å². The van der Waals surface area contributed by atoms with Gasteiger partial charge >= 0.3 is 5.97 Å². The van der Waals surface area contributed by atoms with Gasteiger partial charge < -0.3 is 15.6 Å². The molecule has 4 heteroatoms. The Balaban J connectivity index is 1.72. The molecule has 1 aromatic rings. The standard InChI is InChI=1S/C13H17NO3/c14-13(8-12(15)16)6-11(7-13)17-9-10-4-2-1-3-5-10/h1-5,11H,6-9,14H2,(H,15,16). The second-order valence-corrected chi connectivity index (χ2v) is 4.76. The molecule has 0 atom stereocenters. The van der Waals surface area contributed by atoms with Crippen molar-refractivity contribution in [2.45, 2.75) is 37.5 Å². The highest BCUT2D eigenvalue weighted by Crippen LogP contribution is 2.35. The molecule has 0 spiro atoms. The first-order valence-corrected chi connectivity index (χ1v) is 5.74. The molecule has 1 aliphatic rings. The predicted molar refractivity (Wildman–Crippen MR) is 63.4 cm³/mol. The van der Waals surface area contributed by atoms with Gasteiger partial charge in [-0.1, -0.05) is 30.3 Å². The van der Waals surface area contributed by atoms with Crippen molar-refractivity contribution in [1.29, 1.82) is 0 Å². The zero-order chi connectivity index (χ0) is 12.3. The van der Waals surface area contributed by atoms with Gasteiger partial charge in [-0.25, -0.2) is 0 Å². The van der Waals surface area contributed by atoms with Gasteiger partial charge in [0.15, 0.2) is 0 Å². The van der Waals surface area contributed by atoms with Gasteiger partial charge in [0, 0.05) is 5.54 Å². The molecule has 0 amide bonds. The normalized spacial score (nSPS) is 27.5. The maximum atomic E-state index is 10.6. The van der Waals surface area contributed by atoms with Gasteiger partial charge in [-0.05, 0) is 18.4 Å². The fourth-order valence-electron chi connectivity index (χ4n) is 2.20. The summed E-state index contributed by atoms with van der Waals surface area (Å²) in [6.07, 6.45) is 1.38. The summed E-state index contributed by atoms with van der Waals surface area (Å²) in [4.78, 5) is 10.6. The molecular weight excluding hydrogens is 218 g/mol. The highest BCUT2D eigenvalue weighted by molar-refractivity contribution is 5.68. The highest BCUT2D eigenvalue weighted by atomic mass is 16.5. The highest BCUT2D eigenvalue weighted by Gasteiger charge is 2.43. The monoisotopic (exact) mass is 235 g/mol. The number of rotatable bonds is 5. The van der Waals surface area contributed by atoms with E-state index in [9.17, 15) is 4.79 Å². The fraction of sp³-hybridized carbons (Fsp3) is 0.462. The van der Waals surface area contributed by atoms with Crippen molar-refractivity contribution in [1.82, 2.24) is 0 Å². The van der Waals surface area contributed by atoms with Crippen LogP contribution in [0.25, 0.3) is 0 Å². The summed E-state index contributed by atoms with van der Waals surface area (Å²) >= 11 is 0. The van der Waals surface area contributed by atoms with Crippen LogP contribution < -0.4 is 5.73 Å². The van der Waals surface area contributed by atoms with Gasteiger partial charge in [-0.15, -0.1) is 0 Å². The zero-order valence-electron chi connectivity index (χ0n) is 9.63. The minimum Gasteiger partial charge on any atom is -0.481 e. The lowest BCUT2D eigenvalue weighted by molar-refractivity contribution is -0.141. The summed E-state index contributed by atoms with van der Waals surface area (Å²) in [5.74, 6) is -0.839. The van der Waals surface area contributed by atoms with Crippen LogP contribution in [0.5, 0.6) is 0 Å². The molecule has 1 aromatic carbocycles. The Hall–Kier alpha value is -1.39. The lowest BCUT2D eigenvalue weighted by Gasteiger charge is -2.43. The summed E-state index contributed by atoms with van der Waals surface area (Å²) < 4.78 is 5.67. The van der Waals surface area contributed by atoms with Gasteiger partial charge in [0.2, 0.25) is 0 Å². The van der Waals surface area contributed by atoms with Crippen LogP contribution >= 0.6 is 0 Å². The van der Waals surface area contributed by atoms with E-state index >= 15 is 0 Å². The Morgan fingerprint density at radius 1 is 1.41 bits per heavy atom. The van der Waals surface area contributed by atoms with Gasteiger partial charge in [0.05, 0.1) is 19.1 Å². The summed E-state index contributed by atoms with van der Waals surface area (Å²) in [6, 6.07) is 9.91. The van der Waals surface area contributed by atoms with E-state index in [0.717, 1.165) is 5.56 Å². The van der Waals surface area contributed by atoms with Crippen LogP contribution in [-0.2, 0) is 16.1 Å². The summed E-state index contributed by atoms with van der Waals surface area (Å²) in [5, 5.41) is 8.69. The van der Waals surface area contributed by atoms with Crippen LogP contribution in [0.3, 0.4) is 0 Å². The van der Waals surface area contributed by atoms with Crippen molar-refractivity contribution in [2.24, 2.45) is 5.73 Å². The molecule has 0 aliphatic heterocycles. The van der Waals surface area contributed by atoms with Gasteiger partial charge in [0.1, 0.15) is 0 Å². The minimum atomic E-state index is -0.839. The van der Waals surface area contributed by atoms with Crippen LogP contribution in [0.15, 0.2) is 30.3 Å². The average Bonchev–Trinajstić information content (AvgIpc) is 2.24. The summed E-state index contributed by atoms with van der Waals surface area (Å²) in [5.41, 5.74) is 6.47. The van der Waals surface area contributed by atoms with E-state index in [1.54, 1.807) is 0 Å². The molecule has 0 heterocycles. The van der Waals surface area contributed by atoms with Crippen LogP contribution in [0.2, 0.25) is 0 Å². The van der Waals surface area contributed by atoms with Gasteiger partial charge in [-0.3, -0.25) is 4.79 Å². The summed E-state index contributed by atoms with van der Waals surface area (Å²) in [6.45, 7) is 0.564. The molecule has 1 saturated carbocycles. The Morgan fingerprint density at radius 2 is 2.06 bits per heavy atom. The number of carboxylic acid groups (broad SMARTS) is 1. The smallest absolute Gasteiger partial charge is 0.305 e. The first-order chi connectivity index (χ1) is 8.07. The predicted octanol–water partition coefficient (Wildman–Crippen LogP) is 1.54. The molecule has 0 radical (unpaired) electrons. The minimum absolute atomic E-state index is 0.0260. The fourth-order valence-corrected chi connectivity index (χ4v) is 2.20. The van der Waals surface area contributed by atoms with E-state index in [-0.39, 0.29) is 12.5 Å². The molecule has 0 saturated heterocycles. The largest absolute Gasteiger partial charge is 0.481 e. The zero-order valence-corrected chi connectivity index (χ0v) is 9.63. The number of aliphatic carboxylic acids is 1. The molecule has 2 rings (SSSR count). The molecule has 4 nitrogen and oxygen atoms in total. The average molecular weight is 235 g/mol. The molecule has 92 valence electrons. The number of hydrogen-bond acceptors (Lipinski definition) is 3. The molecule has 1 aliphatic carbocycles. The Morgan fingerprint density at radius 3 is 2.65 bits per heavy atom. The molecule has 0 bridgehead atoms. The van der Waals surface area contributed by atoms with Crippen molar-refractivity contribution in [3.05, 3.63) is 35.9 Å². The lowest BCUT2D eigenvalue weighted by Crippen LogP contribution is -2.56. The number of nitrogens with two attached hydrogens (primary N) is 1. The number of hydrogen-bond donors (Lipinski definition) is 2. The Bertz CT molecular complexity index is 385. The van der Waals surface area contributed by atoms with E-state index in [2.05, 4.69) is 0 Å². The third kappa shape index (κ3) is 3.28. The number of ether oxygens (including phenoxy) is 1. The molecule has 1 fully saturated rings. The van der Waals surface area contributed by atoms with Crippen molar-refractivity contribution in [3.63, 3.8) is 0 Å². The van der Waals surface area contributed by atoms with E-state index in [4.69, 9.17) is 15.6 Å². The topological polar surface area (TPSA) is 72.6 Å². The van der Waals surface area contributed by atoms with Crippen molar-refractivity contribution in [2.75, 3.05) is 0 Å². The van der Waals surface area contributed by atoms with Gasteiger partial charge in [0.25, 0.3) is 0 Å². The molecular formula is C13H17NO3. The van der Waals surface area contributed by atoms with Crippen LogP contribution in [0, 0.1) is 0 Å². The maximum absolute atomic E-state index is 10.6. The first kappa shape index (κ1) is 12.1. The van der Waals surface area contributed by atoms with E-state index in [0.29, 0.717) is 19.4 Å². The van der Waals surface area contributed by atoms with E-state index < -0.39 is 11.5 Å². The van der Waals surface area contributed by atoms with E-state index in [1.807, 2.05) is 30.3 Å². The summed E-state index contributed by atoms with van der Waals surface area (Å²) in [7, 11) is 0. The maximum Gasteiger partial charge on any atom is 0.305 e. The number of carboxylic acids is 1.